The summed E-state index contributed by atoms with van der Waals surface area (Å²) in [6, 6.07) is 6.96. The van der Waals surface area contributed by atoms with Gasteiger partial charge < -0.3 is 5.11 Å². The second kappa shape index (κ2) is 3.01. The number of aliphatic imine (C=N–C) groups is 1. The molecule has 0 unspecified atom stereocenters. The van der Waals surface area contributed by atoms with Gasteiger partial charge in [-0.15, -0.1) is 0 Å². The van der Waals surface area contributed by atoms with Crippen LogP contribution in [0.4, 0.5) is 0 Å². The molecule has 0 saturated heterocycles. The Morgan fingerprint density at radius 3 is 2.90 bits per heavy atom. The van der Waals surface area contributed by atoms with Gasteiger partial charge in [0, 0.05) is 13.3 Å². The second-order valence-corrected chi connectivity index (χ2v) is 1.98. The van der Waals surface area contributed by atoms with Crippen LogP contribution in [0.1, 0.15) is 5.56 Å². The Kier molecular flexibility index (Phi) is 2.05. The van der Waals surface area contributed by atoms with Crippen LogP contribution in [0.15, 0.2) is 29.3 Å². The first-order valence-corrected chi connectivity index (χ1v) is 3.04. The Labute approximate surface area is 59.9 Å². The van der Waals surface area contributed by atoms with Gasteiger partial charge in [-0.05, 0) is 17.7 Å². The van der Waals surface area contributed by atoms with Crippen molar-refractivity contribution < 1.29 is 5.11 Å². The number of nitrogens with zero attached hydrogens (tertiary/aromatic N) is 1. The molecular formula is C8H9NO. The minimum Gasteiger partial charge on any atom is -0.508 e. The second-order valence-electron chi connectivity index (χ2n) is 1.98. The molecule has 0 heterocycles. The molecular weight excluding hydrogens is 126 g/mol. The molecule has 0 aromatic heterocycles. The summed E-state index contributed by atoms with van der Waals surface area (Å²) in [4.78, 5) is 3.81. The van der Waals surface area contributed by atoms with Crippen LogP contribution in [-0.2, 0) is 0 Å². The summed E-state index contributed by atoms with van der Waals surface area (Å²) in [5, 5.41) is 8.98. The zero-order valence-electron chi connectivity index (χ0n) is 5.78. The first-order valence-electron chi connectivity index (χ1n) is 3.04. The molecule has 0 fully saturated rings. The van der Waals surface area contributed by atoms with E-state index < -0.39 is 0 Å². The van der Waals surface area contributed by atoms with E-state index in [0.717, 1.165) is 5.56 Å². The standard InChI is InChI=1S/C8H9NO/c1-9-6-7-3-2-4-8(10)5-7/h2-6,10H,1H3/b9-6+. The summed E-state index contributed by atoms with van der Waals surface area (Å²) in [5.74, 6) is 0.275. The first kappa shape index (κ1) is 6.81. The maximum Gasteiger partial charge on any atom is 0.116 e. The van der Waals surface area contributed by atoms with E-state index in [0.29, 0.717) is 0 Å². The van der Waals surface area contributed by atoms with Crippen LogP contribution in [-0.4, -0.2) is 18.4 Å². The third-order valence-electron chi connectivity index (χ3n) is 1.15. The van der Waals surface area contributed by atoms with Crippen molar-refractivity contribution in [2.24, 2.45) is 4.99 Å². The van der Waals surface area contributed by atoms with E-state index in [-0.39, 0.29) is 5.75 Å². The van der Waals surface area contributed by atoms with Crippen LogP contribution in [0, 0.1) is 0 Å². The smallest absolute Gasteiger partial charge is 0.116 e. The molecule has 0 aliphatic rings. The van der Waals surface area contributed by atoms with Crippen molar-refractivity contribution in [2.45, 2.75) is 0 Å². The summed E-state index contributed by atoms with van der Waals surface area (Å²) in [6.07, 6.45) is 1.69. The Morgan fingerprint density at radius 1 is 1.50 bits per heavy atom. The predicted molar refractivity (Wildman–Crippen MR) is 41.6 cm³/mol. The van der Waals surface area contributed by atoms with Crippen molar-refractivity contribution >= 4 is 6.21 Å². The SMILES string of the molecule is C/N=C/c1cccc(O)c1. The summed E-state index contributed by atoms with van der Waals surface area (Å²) < 4.78 is 0. The lowest BCUT2D eigenvalue weighted by Gasteiger charge is -1.91. The molecule has 0 aliphatic heterocycles. The van der Waals surface area contributed by atoms with Crippen LogP contribution in [0.2, 0.25) is 0 Å². The molecule has 0 radical (unpaired) electrons. The maximum absolute atomic E-state index is 8.98. The number of hydrogen-bond acceptors (Lipinski definition) is 2. The minimum atomic E-state index is 0.275. The number of rotatable bonds is 1. The molecule has 0 saturated carbocycles. The molecule has 1 aromatic carbocycles. The van der Waals surface area contributed by atoms with Gasteiger partial charge in [0.2, 0.25) is 0 Å². The predicted octanol–water partition coefficient (Wildman–Crippen LogP) is 1.44. The summed E-state index contributed by atoms with van der Waals surface area (Å²) in [6.45, 7) is 0. The third kappa shape index (κ3) is 1.58. The van der Waals surface area contributed by atoms with Gasteiger partial charge >= 0.3 is 0 Å². The number of phenolic OH excluding ortho intramolecular Hbond substituents is 1. The third-order valence-corrected chi connectivity index (χ3v) is 1.15. The van der Waals surface area contributed by atoms with Gasteiger partial charge in [0.1, 0.15) is 5.75 Å². The molecule has 1 N–H and O–H groups in total. The number of phenols is 1. The molecule has 0 spiro atoms. The molecule has 10 heavy (non-hydrogen) atoms. The fourth-order valence-electron chi connectivity index (χ4n) is 0.754. The molecule has 1 aromatic rings. The molecule has 0 atom stereocenters. The quantitative estimate of drug-likeness (QED) is 0.580. The van der Waals surface area contributed by atoms with Crippen LogP contribution in [0.5, 0.6) is 5.75 Å². The average molecular weight is 135 g/mol. The zero-order chi connectivity index (χ0) is 7.40. The fraction of sp³-hybridized carbons (Fsp3) is 0.125. The van der Waals surface area contributed by atoms with Crippen molar-refractivity contribution in [3.63, 3.8) is 0 Å². The lowest BCUT2D eigenvalue weighted by Crippen LogP contribution is -1.77. The summed E-state index contributed by atoms with van der Waals surface area (Å²) >= 11 is 0. The zero-order valence-corrected chi connectivity index (χ0v) is 5.78. The van der Waals surface area contributed by atoms with Gasteiger partial charge in [0.05, 0.1) is 0 Å². The Hall–Kier alpha value is -1.31. The van der Waals surface area contributed by atoms with Gasteiger partial charge in [-0.1, -0.05) is 12.1 Å². The Balaban J connectivity index is 2.95. The van der Waals surface area contributed by atoms with E-state index in [1.807, 2.05) is 6.07 Å². The van der Waals surface area contributed by atoms with Gasteiger partial charge in [-0.3, -0.25) is 4.99 Å². The molecule has 2 heteroatoms. The highest BCUT2D eigenvalue weighted by molar-refractivity contribution is 5.79. The van der Waals surface area contributed by atoms with Crippen molar-refractivity contribution in [1.82, 2.24) is 0 Å². The van der Waals surface area contributed by atoms with E-state index in [4.69, 9.17) is 5.11 Å². The summed E-state index contributed by atoms with van der Waals surface area (Å²) in [7, 11) is 1.70. The van der Waals surface area contributed by atoms with E-state index in [2.05, 4.69) is 4.99 Å². The van der Waals surface area contributed by atoms with E-state index in [1.54, 1.807) is 31.5 Å². The normalized spacial score (nSPS) is 10.5. The van der Waals surface area contributed by atoms with Crippen LogP contribution >= 0.6 is 0 Å². The van der Waals surface area contributed by atoms with Gasteiger partial charge in [-0.25, -0.2) is 0 Å². The number of benzene rings is 1. The highest BCUT2D eigenvalue weighted by Gasteiger charge is 1.87. The molecule has 0 aliphatic carbocycles. The highest BCUT2D eigenvalue weighted by atomic mass is 16.3. The lowest BCUT2D eigenvalue weighted by molar-refractivity contribution is 0.475. The Morgan fingerprint density at radius 2 is 2.30 bits per heavy atom. The summed E-state index contributed by atoms with van der Waals surface area (Å²) in [5.41, 5.74) is 0.919. The van der Waals surface area contributed by atoms with Crippen molar-refractivity contribution in [3.05, 3.63) is 29.8 Å². The van der Waals surface area contributed by atoms with Gasteiger partial charge in [0.15, 0.2) is 0 Å². The van der Waals surface area contributed by atoms with Crippen molar-refractivity contribution in [3.8, 4) is 5.75 Å². The topological polar surface area (TPSA) is 32.6 Å². The average Bonchev–Trinajstić information content (AvgIpc) is 1.88. The lowest BCUT2D eigenvalue weighted by atomic mass is 10.2. The Bertz CT molecular complexity index is 243. The molecule has 0 bridgehead atoms. The van der Waals surface area contributed by atoms with Gasteiger partial charge in [-0.2, -0.15) is 0 Å². The van der Waals surface area contributed by atoms with Crippen molar-refractivity contribution in [1.29, 1.82) is 0 Å². The fourth-order valence-corrected chi connectivity index (χ4v) is 0.754. The van der Waals surface area contributed by atoms with Crippen LogP contribution < -0.4 is 0 Å². The van der Waals surface area contributed by atoms with Gasteiger partial charge in [0.25, 0.3) is 0 Å². The van der Waals surface area contributed by atoms with Crippen LogP contribution in [0.3, 0.4) is 0 Å². The van der Waals surface area contributed by atoms with Crippen LogP contribution in [0.25, 0.3) is 0 Å². The van der Waals surface area contributed by atoms with E-state index in [1.165, 1.54) is 0 Å². The number of hydrogen-bond donors (Lipinski definition) is 1. The minimum absolute atomic E-state index is 0.275. The highest BCUT2D eigenvalue weighted by Crippen LogP contribution is 2.08. The van der Waals surface area contributed by atoms with E-state index in [9.17, 15) is 0 Å². The molecule has 2 nitrogen and oxygen atoms in total. The molecule has 1 rings (SSSR count). The maximum atomic E-state index is 8.98. The van der Waals surface area contributed by atoms with Crippen molar-refractivity contribution in [2.75, 3.05) is 7.05 Å². The molecule has 0 amide bonds. The first-order chi connectivity index (χ1) is 4.83. The largest absolute Gasteiger partial charge is 0.508 e. The van der Waals surface area contributed by atoms with E-state index >= 15 is 0 Å². The molecule has 52 valence electrons. The number of aromatic hydroxyl groups is 1. The monoisotopic (exact) mass is 135 g/mol.